The molecule has 138 valence electrons. The van der Waals surface area contributed by atoms with E-state index in [0.717, 1.165) is 0 Å². The van der Waals surface area contributed by atoms with Crippen LogP contribution in [-0.4, -0.2) is 33.7 Å². The molecule has 27 heavy (non-hydrogen) atoms. The first-order valence-corrected chi connectivity index (χ1v) is 7.93. The van der Waals surface area contributed by atoms with E-state index < -0.39 is 0 Å². The molecule has 0 saturated carbocycles. The Morgan fingerprint density at radius 3 is 2.52 bits per heavy atom. The number of aromatic nitrogens is 3. The highest BCUT2D eigenvalue weighted by Crippen LogP contribution is 2.11. The monoisotopic (exact) mass is 369 g/mol. The third-order valence-electron chi connectivity index (χ3n) is 3.53. The van der Waals surface area contributed by atoms with Gasteiger partial charge in [0, 0.05) is 24.1 Å². The van der Waals surface area contributed by atoms with Crippen molar-refractivity contribution >= 4 is 23.2 Å². The standard InChI is InChI=1S/C18H16FN5O3/c1-27-17-7-2-12(8-20-17)18(26)23-15-9-21-24(10-15)11-16(25)22-14-5-3-13(19)4-6-14/h2-10H,11H2,1H3,(H,22,25)(H,23,26). The SMILES string of the molecule is COc1ccc(C(=O)Nc2cnn(CC(=O)Nc3ccc(F)cc3)c2)cn1. The molecule has 0 bridgehead atoms. The van der Waals surface area contributed by atoms with Crippen molar-refractivity contribution in [2.75, 3.05) is 17.7 Å². The first-order chi connectivity index (χ1) is 13.0. The Morgan fingerprint density at radius 1 is 1.07 bits per heavy atom. The van der Waals surface area contributed by atoms with Crippen LogP contribution < -0.4 is 15.4 Å². The van der Waals surface area contributed by atoms with Crippen LogP contribution in [0.4, 0.5) is 15.8 Å². The van der Waals surface area contributed by atoms with Gasteiger partial charge in [0.2, 0.25) is 11.8 Å². The van der Waals surface area contributed by atoms with Gasteiger partial charge >= 0.3 is 0 Å². The summed E-state index contributed by atoms with van der Waals surface area (Å²) in [6, 6.07) is 8.60. The lowest BCUT2D eigenvalue weighted by atomic mass is 10.2. The summed E-state index contributed by atoms with van der Waals surface area (Å²) in [7, 11) is 1.49. The van der Waals surface area contributed by atoms with Crippen molar-refractivity contribution < 1.29 is 18.7 Å². The van der Waals surface area contributed by atoms with Gasteiger partial charge in [0.25, 0.3) is 5.91 Å². The first-order valence-electron chi connectivity index (χ1n) is 7.93. The van der Waals surface area contributed by atoms with Gasteiger partial charge in [-0.3, -0.25) is 14.3 Å². The molecule has 0 aliphatic rings. The number of hydrogen-bond donors (Lipinski definition) is 2. The molecule has 0 saturated heterocycles. The number of carbonyl (C=O) groups is 2. The van der Waals surface area contributed by atoms with E-state index in [1.165, 1.54) is 54.6 Å². The highest BCUT2D eigenvalue weighted by Gasteiger charge is 2.10. The number of anilines is 2. The van der Waals surface area contributed by atoms with E-state index in [2.05, 4.69) is 20.7 Å². The number of nitrogens with one attached hydrogen (secondary N) is 2. The molecule has 0 aliphatic heterocycles. The van der Waals surface area contributed by atoms with Crippen LogP contribution >= 0.6 is 0 Å². The molecule has 0 fully saturated rings. The summed E-state index contributed by atoms with van der Waals surface area (Å²) in [5.74, 6) is -0.665. The average Bonchev–Trinajstić information content (AvgIpc) is 3.10. The molecule has 8 nitrogen and oxygen atoms in total. The minimum Gasteiger partial charge on any atom is -0.481 e. The van der Waals surface area contributed by atoms with Gasteiger partial charge in [-0.2, -0.15) is 5.10 Å². The molecule has 0 atom stereocenters. The minimum atomic E-state index is -0.382. The molecule has 0 unspecified atom stereocenters. The molecule has 9 heteroatoms. The van der Waals surface area contributed by atoms with Gasteiger partial charge in [0.05, 0.1) is 24.6 Å². The van der Waals surface area contributed by atoms with Gasteiger partial charge in [-0.05, 0) is 30.3 Å². The smallest absolute Gasteiger partial charge is 0.257 e. The van der Waals surface area contributed by atoms with E-state index in [1.54, 1.807) is 12.1 Å². The van der Waals surface area contributed by atoms with E-state index >= 15 is 0 Å². The molecule has 0 aliphatic carbocycles. The number of ether oxygens (including phenoxy) is 1. The van der Waals surface area contributed by atoms with Gasteiger partial charge in [-0.1, -0.05) is 0 Å². The molecule has 2 heterocycles. The third-order valence-corrected chi connectivity index (χ3v) is 3.53. The van der Waals surface area contributed by atoms with Crippen molar-refractivity contribution in [2.45, 2.75) is 6.54 Å². The van der Waals surface area contributed by atoms with Crippen LogP contribution in [0, 0.1) is 5.82 Å². The van der Waals surface area contributed by atoms with Gasteiger partial charge in [0.1, 0.15) is 12.4 Å². The van der Waals surface area contributed by atoms with Crippen molar-refractivity contribution in [1.29, 1.82) is 0 Å². The predicted octanol–water partition coefficient (Wildman–Crippen LogP) is 2.32. The Balaban J connectivity index is 1.56. The third kappa shape index (κ3) is 4.88. The number of methoxy groups -OCH3 is 1. The van der Waals surface area contributed by atoms with Crippen molar-refractivity contribution in [3.05, 3.63) is 66.4 Å². The number of nitrogens with zero attached hydrogens (tertiary/aromatic N) is 3. The number of carbonyl (C=O) groups excluding carboxylic acids is 2. The number of halogens is 1. The lowest BCUT2D eigenvalue weighted by molar-refractivity contribution is -0.116. The van der Waals surface area contributed by atoms with Crippen molar-refractivity contribution in [1.82, 2.24) is 14.8 Å². The highest BCUT2D eigenvalue weighted by molar-refractivity contribution is 6.04. The molecule has 3 rings (SSSR count). The molecular formula is C18H16FN5O3. The largest absolute Gasteiger partial charge is 0.481 e. The van der Waals surface area contributed by atoms with Gasteiger partial charge in [-0.25, -0.2) is 9.37 Å². The zero-order valence-corrected chi connectivity index (χ0v) is 14.3. The van der Waals surface area contributed by atoms with Gasteiger partial charge < -0.3 is 15.4 Å². The molecule has 0 spiro atoms. The second-order valence-electron chi connectivity index (χ2n) is 5.53. The maximum Gasteiger partial charge on any atom is 0.257 e. The Labute approximate surface area is 154 Å². The van der Waals surface area contributed by atoms with Gasteiger partial charge in [-0.15, -0.1) is 0 Å². The molecular weight excluding hydrogens is 353 g/mol. The van der Waals surface area contributed by atoms with E-state index in [0.29, 0.717) is 22.8 Å². The van der Waals surface area contributed by atoms with E-state index in [-0.39, 0.29) is 24.2 Å². The van der Waals surface area contributed by atoms with Crippen LogP contribution in [0.25, 0.3) is 0 Å². The molecule has 2 N–H and O–H groups in total. The number of rotatable bonds is 6. The average molecular weight is 369 g/mol. The first kappa shape index (κ1) is 18.1. The van der Waals surface area contributed by atoms with Crippen LogP contribution in [0.3, 0.4) is 0 Å². The molecule has 2 aromatic heterocycles. The normalized spacial score (nSPS) is 10.3. The summed E-state index contributed by atoms with van der Waals surface area (Å²) in [5, 5.41) is 9.33. The Bertz CT molecular complexity index is 938. The summed E-state index contributed by atoms with van der Waals surface area (Å²) < 4.78 is 19.2. The highest BCUT2D eigenvalue weighted by atomic mass is 19.1. The Morgan fingerprint density at radius 2 is 1.85 bits per heavy atom. The van der Waals surface area contributed by atoms with Crippen molar-refractivity contribution in [3.63, 3.8) is 0 Å². The van der Waals surface area contributed by atoms with E-state index in [4.69, 9.17) is 4.74 Å². The summed E-state index contributed by atoms with van der Waals surface area (Å²) in [5.41, 5.74) is 1.28. The summed E-state index contributed by atoms with van der Waals surface area (Å²) >= 11 is 0. The van der Waals surface area contributed by atoms with Crippen LogP contribution in [0.1, 0.15) is 10.4 Å². The Kier molecular flexibility index (Phi) is 5.41. The van der Waals surface area contributed by atoms with Crippen LogP contribution in [-0.2, 0) is 11.3 Å². The summed E-state index contributed by atoms with van der Waals surface area (Å²) in [6.07, 6.45) is 4.36. The minimum absolute atomic E-state index is 0.0582. The van der Waals surface area contributed by atoms with Crippen molar-refractivity contribution in [2.24, 2.45) is 0 Å². The maximum atomic E-state index is 12.9. The molecule has 2 amide bonds. The van der Waals surface area contributed by atoms with Crippen LogP contribution in [0.2, 0.25) is 0 Å². The Hall–Kier alpha value is -3.75. The van der Waals surface area contributed by atoms with Gasteiger partial charge in [0.15, 0.2) is 0 Å². The fourth-order valence-electron chi connectivity index (χ4n) is 2.23. The summed E-state index contributed by atoms with van der Waals surface area (Å²) in [6.45, 7) is -0.0582. The molecule has 3 aromatic rings. The summed E-state index contributed by atoms with van der Waals surface area (Å²) in [4.78, 5) is 28.2. The fraction of sp³-hybridized carbons (Fsp3) is 0.111. The number of amides is 2. The number of pyridine rings is 1. The lowest BCUT2D eigenvalue weighted by Crippen LogP contribution is -2.19. The zero-order chi connectivity index (χ0) is 19.2. The van der Waals surface area contributed by atoms with Crippen LogP contribution in [0.15, 0.2) is 55.0 Å². The van der Waals surface area contributed by atoms with Crippen molar-refractivity contribution in [3.8, 4) is 5.88 Å². The van der Waals surface area contributed by atoms with E-state index in [1.807, 2.05) is 0 Å². The predicted molar refractivity (Wildman–Crippen MR) is 96.0 cm³/mol. The molecule has 0 radical (unpaired) electrons. The maximum absolute atomic E-state index is 12.9. The molecule has 1 aromatic carbocycles. The van der Waals surface area contributed by atoms with E-state index in [9.17, 15) is 14.0 Å². The topological polar surface area (TPSA) is 98.1 Å². The zero-order valence-electron chi connectivity index (χ0n) is 14.3. The fourth-order valence-corrected chi connectivity index (χ4v) is 2.23. The quantitative estimate of drug-likeness (QED) is 0.695. The second kappa shape index (κ2) is 8.09. The number of hydrogen-bond acceptors (Lipinski definition) is 5. The lowest BCUT2D eigenvalue weighted by Gasteiger charge is -2.05. The van der Waals surface area contributed by atoms with Crippen LogP contribution in [0.5, 0.6) is 5.88 Å². The number of benzene rings is 1. The second-order valence-corrected chi connectivity index (χ2v) is 5.53.